The van der Waals surface area contributed by atoms with Gasteiger partial charge in [0.2, 0.25) is 0 Å². The first-order chi connectivity index (χ1) is 49.0. The second kappa shape index (κ2) is 74.9. The minimum Gasteiger partial charge on any atom is -0.462 e. The van der Waals surface area contributed by atoms with E-state index in [1.165, 1.54) is 263 Å². The van der Waals surface area contributed by atoms with Crippen molar-refractivity contribution in [1.82, 2.24) is 0 Å². The number of carbonyl (C=O) groups is 4. The molecule has 0 fully saturated rings. The summed E-state index contributed by atoms with van der Waals surface area (Å²) in [5, 5.41) is 10.6. The minimum absolute atomic E-state index is 0.108. The van der Waals surface area contributed by atoms with Gasteiger partial charge in [-0.2, -0.15) is 0 Å². The predicted octanol–water partition coefficient (Wildman–Crippen LogP) is 24.8. The van der Waals surface area contributed by atoms with Crippen molar-refractivity contribution >= 4 is 39.5 Å². The third-order valence-electron chi connectivity index (χ3n) is 19.3. The summed E-state index contributed by atoms with van der Waals surface area (Å²) in [4.78, 5) is 73.0. The summed E-state index contributed by atoms with van der Waals surface area (Å²) in [6, 6.07) is 0. The van der Waals surface area contributed by atoms with Crippen molar-refractivity contribution in [3.63, 3.8) is 0 Å². The average molecular weight is 1480 g/mol. The Morgan fingerprint density at radius 1 is 0.267 bits per heavy atom. The highest BCUT2D eigenvalue weighted by Gasteiger charge is 2.30. The number of rotatable bonds is 82. The van der Waals surface area contributed by atoms with Crippen LogP contribution in [-0.2, 0) is 65.4 Å². The molecule has 0 aliphatic heterocycles. The molecule has 0 saturated carbocycles. The number of phosphoric acid groups is 2. The van der Waals surface area contributed by atoms with Crippen LogP contribution >= 0.6 is 15.6 Å². The highest BCUT2D eigenvalue weighted by atomic mass is 31.2. The van der Waals surface area contributed by atoms with E-state index in [1.54, 1.807) is 0 Å². The third-order valence-corrected chi connectivity index (χ3v) is 21.2. The molecule has 5 atom stereocenters. The fraction of sp³-hybridized carbons (Fsp3) is 0.951. The zero-order valence-corrected chi connectivity index (χ0v) is 67.8. The molecule has 0 aromatic rings. The first kappa shape index (κ1) is 99.1. The van der Waals surface area contributed by atoms with E-state index in [4.69, 9.17) is 37.0 Å². The van der Waals surface area contributed by atoms with Crippen molar-refractivity contribution in [3.05, 3.63) is 0 Å². The number of hydrogen-bond donors (Lipinski definition) is 3. The Balaban J connectivity index is 5.22. The van der Waals surface area contributed by atoms with Crippen LogP contribution in [0.15, 0.2) is 0 Å². The van der Waals surface area contributed by atoms with Crippen LogP contribution in [0.1, 0.15) is 439 Å². The van der Waals surface area contributed by atoms with Gasteiger partial charge >= 0.3 is 39.5 Å². The molecular formula is C82H160O17P2. The fourth-order valence-corrected chi connectivity index (χ4v) is 14.3. The topological polar surface area (TPSA) is 237 Å². The highest BCUT2D eigenvalue weighted by molar-refractivity contribution is 7.47. The molecule has 0 amide bonds. The maximum Gasteiger partial charge on any atom is 0.472 e. The third kappa shape index (κ3) is 76.1. The van der Waals surface area contributed by atoms with Crippen LogP contribution in [0.25, 0.3) is 0 Å². The van der Waals surface area contributed by atoms with E-state index >= 15 is 0 Å². The lowest BCUT2D eigenvalue weighted by Crippen LogP contribution is -2.30. The molecule has 0 aromatic carbocycles. The molecule has 0 aliphatic rings. The maximum atomic E-state index is 13.1. The molecule has 19 heteroatoms. The molecule has 600 valence electrons. The molecule has 2 unspecified atom stereocenters. The van der Waals surface area contributed by atoms with Gasteiger partial charge in [-0.3, -0.25) is 37.3 Å². The van der Waals surface area contributed by atoms with Gasteiger partial charge in [-0.25, -0.2) is 9.13 Å². The second-order valence-corrected chi connectivity index (χ2v) is 32.9. The average Bonchev–Trinajstić information content (AvgIpc) is 1.19. The largest absolute Gasteiger partial charge is 0.472 e. The van der Waals surface area contributed by atoms with E-state index in [0.717, 1.165) is 95.8 Å². The van der Waals surface area contributed by atoms with E-state index in [0.29, 0.717) is 25.7 Å². The fourth-order valence-electron chi connectivity index (χ4n) is 12.8. The number of aliphatic hydroxyl groups excluding tert-OH is 1. The summed E-state index contributed by atoms with van der Waals surface area (Å²) < 4.78 is 68.7. The molecule has 0 rings (SSSR count). The lowest BCUT2D eigenvalue weighted by molar-refractivity contribution is -0.161. The molecule has 0 spiro atoms. The number of esters is 4. The van der Waals surface area contributed by atoms with Crippen LogP contribution in [0.5, 0.6) is 0 Å². The van der Waals surface area contributed by atoms with Crippen molar-refractivity contribution in [2.45, 2.75) is 457 Å². The minimum atomic E-state index is -4.96. The number of unbranched alkanes of at least 4 members (excludes halogenated alkanes) is 54. The van der Waals surface area contributed by atoms with Gasteiger partial charge in [0.15, 0.2) is 12.2 Å². The van der Waals surface area contributed by atoms with E-state index in [9.17, 15) is 43.2 Å². The van der Waals surface area contributed by atoms with E-state index < -0.39 is 97.5 Å². The van der Waals surface area contributed by atoms with Gasteiger partial charge in [0, 0.05) is 25.7 Å². The molecule has 17 nitrogen and oxygen atoms in total. The van der Waals surface area contributed by atoms with Crippen molar-refractivity contribution in [2.75, 3.05) is 39.6 Å². The lowest BCUT2D eigenvalue weighted by atomic mass is 10.0. The normalized spacial score (nSPS) is 13.8. The van der Waals surface area contributed by atoms with Crippen molar-refractivity contribution < 1.29 is 80.2 Å². The number of phosphoric ester groups is 2. The standard InChI is InChI=1S/C82H160O17P2/c1-6-9-12-15-18-21-24-26-27-28-29-30-34-38-41-46-51-56-61-66-80(85)93-72-78(99-82(87)68-63-58-53-48-43-39-35-32-31-33-37-40-44-49-54-59-64-75(4)5)74-97-101(90,91)95-70-76(83)69-94-100(88,89)96-73-77(71-92-79(84)65-60-55-50-45-23-20-17-14-11-8-3)98-81(86)67-62-57-52-47-42-36-25-22-19-16-13-10-7-2/h75-78,83H,6-74H2,1-5H3,(H,88,89)(H,90,91)/t76-,77+,78+/m0/s1. The zero-order chi connectivity index (χ0) is 74.1. The molecule has 0 aliphatic carbocycles. The van der Waals surface area contributed by atoms with Gasteiger partial charge in [0.05, 0.1) is 26.4 Å². The van der Waals surface area contributed by atoms with Crippen LogP contribution in [0.2, 0.25) is 0 Å². The molecule has 0 aromatic heterocycles. The quantitative estimate of drug-likeness (QED) is 0.0222. The summed E-state index contributed by atoms with van der Waals surface area (Å²) in [5.41, 5.74) is 0. The Labute approximate surface area is 619 Å². The van der Waals surface area contributed by atoms with Gasteiger partial charge in [-0.15, -0.1) is 0 Å². The maximum absolute atomic E-state index is 13.1. The van der Waals surface area contributed by atoms with Crippen LogP contribution in [0.4, 0.5) is 0 Å². The van der Waals surface area contributed by atoms with E-state index in [1.807, 2.05) is 0 Å². The van der Waals surface area contributed by atoms with Gasteiger partial charge in [-0.1, -0.05) is 388 Å². The first-order valence-electron chi connectivity index (χ1n) is 42.6. The van der Waals surface area contributed by atoms with Crippen LogP contribution in [-0.4, -0.2) is 96.7 Å². The van der Waals surface area contributed by atoms with Crippen LogP contribution in [0.3, 0.4) is 0 Å². The molecule has 0 radical (unpaired) electrons. The number of aliphatic hydroxyl groups is 1. The molecular weight excluding hydrogens is 1320 g/mol. The van der Waals surface area contributed by atoms with Crippen molar-refractivity contribution in [1.29, 1.82) is 0 Å². The molecule has 101 heavy (non-hydrogen) atoms. The zero-order valence-electron chi connectivity index (χ0n) is 66.1. The summed E-state index contributed by atoms with van der Waals surface area (Å²) in [5.74, 6) is -1.29. The van der Waals surface area contributed by atoms with E-state index in [2.05, 4.69) is 34.6 Å². The lowest BCUT2D eigenvalue weighted by Gasteiger charge is -2.21. The van der Waals surface area contributed by atoms with Crippen molar-refractivity contribution in [3.8, 4) is 0 Å². The Morgan fingerprint density at radius 3 is 0.673 bits per heavy atom. The molecule has 0 heterocycles. The summed E-state index contributed by atoms with van der Waals surface area (Å²) in [7, 11) is -9.92. The molecule has 3 N–H and O–H groups in total. The van der Waals surface area contributed by atoms with Gasteiger partial charge in [0.25, 0.3) is 0 Å². The van der Waals surface area contributed by atoms with Gasteiger partial charge in [0.1, 0.15) is 19.3 Å². The molecule has 0 saturated heterocycles. The summed E-state index contributed by atoms with van der Waals surface area (Å²) >= 11 is 0. The number of hydrogen-bond acceptors (Lipinski definition) is 15. The predicted molar refractivity (Wildman–Crippen MR) is 414 cm³/mol. The van der Waals surface area contributed by atoms with Crippen LogP contribution < -0.4 is 0 Å². The van der Waals surface area contributed by atoms with Gasteiger partial charge < -0.3 is 33.8 Å². The van der Waals surface area contributed by atoms with Crippen molar-refractivity contribution in [2.24, 2.45) is 5.92 Å². The van der Waals surface area contributed by atoms with Gasteiger partial charge in [-0.05, 0) is 31.6 Å². The van der Waals surface area contributed by atoms with E-state index in [-0.39, 0.29) is 25.7 Å². The number of ether oxygens (including phenoxy) is 4. The Morgan fingerprint density at radius 2 is 0.455 bits per heavy atom. The number of carbonyl (C=O) groups excluding carboxylic acids is 4. The second-order valence-electron chi connectivity index (χ2n) is 30.0. The van der Waals surface area contributed by atoms with Crippen LogP contribution in [0, 0.1) is 5.92 Å². The summed E-state index contributed by atoms with van der Waals surface area (Å²) in [6.45, 7) is 7.36. The monoisotopic (exact) mass is 1480 g/mol. The molecule has 0 bridgehead atoms. The Hall–Kier alpha value is -1.94. The smallest absolute Gasteiger partial charge is 0.462 e. The first-order valence-corrected chi connectivity index (χ1v) is 45.6. The Kier molecular flexibility index (Phi) is 73.5. The Bertz CT molecular complexity index is 1930. The summed E-state index contributed by atoms with van der Waals surface area (Å²) in [6.07, 6.45) is 66.6. The SMILES string of the molecule is CCCCCCCCCCCCCCCCCCCCCC(=O)OC[C@H](COP(=O)(O)OC[C@@H](O)COP(=O)(O)OC[C@@H](COC(=O)CCCCCCCCCCCC)OC(=O)CCCCCCCCCCCCCCC)OC(=O)CCCCCCCCCCCCCCCCCCC(C)C. The highest BCUT2D eigenvalue weighted by Crippen LogP contribution is 2.45.